The summed E-state index contributed by atoms with van der Waals surface area (Å²) in [6.07, 6.45) is 92.5. The molecule has 0 heterocycles. The molecule has 0 aliphatic rings. The molecule has 0 aromatic rings. The molecule has 0 saturated carbocycles. The van der Waals surface area contributed by atoms with Crippen LogP contribution in [0.25, 0.3) is 0 Å². The minimum Gasteiger partial charge on any atom is -0.466 e. The zero-order valence-corrected chi connectivity index (χ0v) is 56.5. The van der Waals surface area contributed by atoms with E-state index in [9.17, 15) is 19.8 Å². The van der Waals surface area contributed by atoms with Crippen molar-refractivity contribution in [3.8, 4) is 0 Å². The molecule has 0 spiro atoms. The summed E-state index contributed by atoms with van der Waals surface area (Å²) in [7, 11) is 0. The van der Waals surface area contributed by atoms with Gasteiger partial charge in [0.05, 0.1) is 25.4 Å². The van der Waals surface area contributed by atoms with Gasteiger partial charge in [-0.25, -0.2) is 0 Å². The van der Waals surface area contributed by atoms with Crippen LogP contribution in [0.1, 0.15) is 431 Å². The summed E-state index contributed by atoms with van der Waals surface area (Å²) >= 11 is 0. The van der Waals surface area contributed by atoms with Crippen LogP contribution in [0.4, 0.5) is 0 Å². The van der Waals surface area contributed by atoms with Gasteiger partial charge < -0.3 is 20.3 Å². The minimum atomic E-state index is -0.663. The third-order valence-corrected chi connectivity index (χ3v) is 18.0. The van der Waals surface area contributed by atoms with E-state index in [0.717, 1.165) is 38.5 Å². The van der Waals surface area contributed by atoms with Gasteiger partial charge in [0.15, 0.2) is 0 Å². The number of aliphatic hydroxyl groups excluding tert-OH is 2. The average molecular weight is 1170 g/mol. The molecule has 0 aromatic heterocycles. The lowest BCUT2D eigenvalue weighted by Gasteiger charge is -2.22. The molecule has 0 aliphatic carbocycles. The number of unbranched alkanes of at least 4 members (excludes halogenated alkanes) is 57. The van der Waals surface area contributed by atoms with Crippen LogP contribution in [-0.4, -0.2) is 47.4 Å². The maximum Gasteiger partial charge on any atom is 0.305 e. The molecule has 0 fully saturated rings. The van der Waals surface area contributed by atoms with E-state index in [2.05, 4.69) is 43.5 Å². The molecule has 2 atom stereocenters. The first-order chi connectivity index (χ1) is 41.0. The minimum absolute atomic E-state index is 0.0177. The molecule has 0 rings (SSSR count). The molecular weight excluding hydrogens is 1020 g/mol. The number of carbonyl (C=O) groups excluding carboxylic acids is 2. The van der Waals surface area contributed by atoms with Crippen molar-refractivity contribution in [2.24, 2.45) is 0 Å². The number of esters is 1. The zero-order chi connectivity index (χ0) is 59.9. The second-order valence-electron chi connectivity index (χ2n) is 26.3. The van der Waals surface area contributed by atoms with Gasteiger partial charge in [0.25, 0.3) is 0 Å². The summed E-state index contributed by atoms with van der Waals surface area (Å²) in [5, 5.41) is 23.4. The number of allylic oxidation sites excluding steroid dienone is 4. The van der Waals surface area contributed by atoms with Crippen molar-refractivity contribution in [1.82, 2.24) is 5.32 Å². The number of hydrogen-bond donors (Lipinski definition) is 3. The highest BCUT2D eigenvalue weighted by atomic mass is 16.5. The normalized spacial score (nSPS) is 12.6. The Morgan fingerprint density at radius 3 is 0.855 bits per heavy atom. The van der Waals surface area contributed by atoms with Gasteiger partial charge in [0.2, 0.25) is 5.91 Å². The Labute approximate surface area is 520 Å². The van der Waals surface area contributed by atoms with Gasteiger partial charge in [-0.15, -0.1) is 0 Å². The molecule has 6 heteroatoms. The highest BCUT2D eigenvalue weighted by Crippen LogP contribution is 2.19. The molecule has 0 bridgehead atoms. The van der Waals surface area contributed by atoms with Gasteiger partial charge >= 0.3 is 5.97 Å². The summed E-state index contributed by atoms with van der Waals surface area (Å²) < 4.78 is 5.51. The molecule has 1 amide bonds. The van der Waals surface area contributed by atoms with Gasteiger partial charge in [-0.1, -0.05) is 366 Å². The maximum atomic E-state index is 12.5. The van der Waals surface area contributed by atoms with E-state index in [4.69, 9.17) is 4.74 Å². The van der Waals surface area contributed by atoms with E-state index in [1.807, 2.05) is 0 Å². The molecule has 3 N–H and O–H groups in total. The topological polar surface area (TPSA) is 95.9 Å². The third kappa shape index (κ3) is 69.3. The molecule has 0 aromatic carbocycles. The van der Waals surface area contributed by atoms with Crippen molar-refractivity contribution >= 4 is 11.9 Å². The van der Waals surface area contributed by atoms with Crippen molar-refractivity contribution in [3.63, 3.8) is 0 Å². The van der Waals surface area contributed by atoms with E-state index >= 15 is 0 Å². The van der Waals surface area contributed by atoms with Crippen molar-refractivity contribution < 1.29 is 24.5 Å². The van der Waals surface area contributed by atoms with Crippen LogP contribution < -0.4 is 5.32 Å². The first kappa shape index (κ1) is 81.3. The van der Waals surface area contributed by atoms with Crippen LogP contribution in [0, 0.1) is 0 Å². The van der Waals surface area contributed by atoms with Crippen LogP contribution in [0.15, 0.2) is 24.3 Å². The number of nitrogens with one attached hydrogen (secondary N) is 1. The highest BCUT2D eigenvalue weighted by molar-refractivity contribution is 5.76. The van der Waals surface area contributed by atoms with Gasteiger partial charge in [0.1, 0.15) is 0 Å². The van der Waals surface area contributed by atoms with Gasteiger partial charge in [-0.2, -0.15) is 0 Å². The van der Waals surface area contributed by atoms with E-state index in [-0.39, 0.29) is 18.5 Å². The average Bonchev–Trinajstić information content (AvgIpc) is 3.49. The van der Waals surface area contributed by atoms with Crippen molar-refractivity contribution in [2.45, 2.75) is 443 Å². The molecular formula is C77H149NO5. The van der Waals surface area contributed by atoms with Crippen molar-refractivity contribution in [2.75, 3.05) is 13.2 Å². The smallest absolute Gasteiger partial charge is 0.305 e. The summed E-state index contributed by atoms with van der Waals surface area (Å²) in [6, 6.07) is -0.540. The second kappa shape index (κ2) is 72.8. The summed E-state index contributed by atoms with van der Waals surface area (Å²) in [5.74, 6) is -0.0118. The van der Waals surface area contributed by atoms with Crippen LogP contribution >= 0.6 is 0 Å². The first-order valence-electron chi connectivity index (χ1n) is 38.1. The molecule has 0 aliphatic heterocycles. The monoisotopic (exact) mass is 1170 g/mol. The lowest BCUT2D eigenvalue weighted by Crippen LogP contribution is -2.45. The molecule has 0 saturated heterocycles. The van der Waals surface area contributed by atoms with Crippen LogP contribution in [0.5, 0.6) is 0 Å². The van der Waals surface area contributed by atoms with Gasteiger partial charge in [-0.05, 0) is 77.0 Å². The molecule has 492 valence electrons. The fraction of sp³-hybridized carbons (Fsp3) is 0.922. The number of carbonyl (C=O) groups is 2. The van der Waals surface area contributed by atoms with E-state index < -0.39 is 12.1 Å². The van der Waals surface area contributed by atoms with Crippen LogP contribution in [-0.2, 0) is 14.3 Å². The largest absolute Gasteiger partial charge is 0.466 e. The van der Waals surface area contributed by atoms with Crippen LogP contribution in [0.3, 0.4) is 0 Å². The Morgan fingerprint density at radius 2 is 0.566 bits per heavy atom. The Balaban J connectivity index is 3.35. The van der Waals surface area contributed by atoms with Crippen molar-refractivity contribution in [3.05, 3.63) is 24.3 Å². The Bertz CT molecular complexity index is 1300. The predicted molar refractivity (Wildman–Crippen MR) is 366 cm³/mol. The fourth-order valence-electron chi connectivity index (χ4n) is 12.2. The zero-order valence-electron chi connectivity index (χ0n) is 56.5. The maximum absolute atomic E-state index is 12.5. The Hall–Kier alpha value is -1.66. The summed E-state index contributed by atoms with van der Waals surface area (Å²) in [5.41, 5.74) is 0. The molecule has 6 nitrogen and oxygen atoms in total. The van der Waals surface area contributed by atoms with Gasteiger partial charge in [0, 0.05) is 12.8 Å². The second-order valence-corrected chi connectivity index (χ2v) is 26.3. The standard InChI is InChI=1S/C77H149NO5/c1-3-5-7-9-11-13-15-17-19-21-34-39-43-47-51-55-59-63-67-71-77(82)83-72-68-64-60-56-52-48-44-40-36-33-31-29-27-25-23-22-24-26-28-30-32-35-38-42-46-50-54-58-62-66-70-76(81)78-74(73-79)75(80)69-65-61-57-53-49-45-41-37-20-18-16-14-12-10-8-6-4-2/h17,19,23,25,74-75,79-80H,3-16,18,20-22,24,26-73H2,1-2H3,(H,78,81)/b19-17-,25-23-. The highest BCUT2D eigenvalue weighted by Gasteiger charge is 2.20. The third-order valence-electron chi connectivity index (χ3n) is 18.0. The molecule has 2 unspecified atom stereocenters. The number of hydrogen-bond acceptors (Lipinski definition) is 5. The number of amides is 1. The Kier molecular flexibility index (Phi) is 71.4. The SMILES string of the molecule is CCCCCCCC/C=C\CCCCCCCCCCCC(=O)OCCCCCCCCCCCCCC/C=C\CCCCCCCCCCCCCCCCC(=O)NC(CO)C(O)CCCCCCCCCCCCCCCCCCC. The number of ether oxygens (including phenoxy) is 1. The quantitative estimate of drug-likeness (QED) is 0.0320. The summed E-state index contributed by atoms with van der Waals surface area (Å²) in [4.78, 5) is 24.7. The predicted octanol–water partition coefficient (Wildman–Crippen LogP) is 24.9. The van der Waals surface area contributed by atoms with Crippen LogP contribution in [0.2, 0.25) is 0 Å². The van der Waals surface area contributed by atoms with Crippen molar-refractivity contribution in [1.29, 1.82) is 0 Å². The number of rotatable bonds is 72. The lowest BCUT2D eigenvalue weighted by atomic mass is 10.0. The summed E-state index contributed by atoms with van der Waals surface area (Å²) in [6.45, 7) is 4.99. The number of aliphatic hydroxyl groups is 2. The Morgan fingerprint density at radius 1 is 0.325 bits per heavy atom. The van der Waals surface area contributed by atoms with Gasteiger partial charge in [-0.3, -0.25) is 9.59 Å². The molecule has 83 heavy (non-hydrogen) atoms. The molecule has 0 radical (unpaired) electrons. The fourth-order valence-corrected chi connectivity index (χ4v) is 12.2. The van der Waals surface area contributed by atoms with E-state index in [1.54, 1.807) is 0 Å². The lowest BCUT2D eigenvalue weighted by molar-refractivity contribution is -0.143. The van der Waals surface area contributed by atoms with E-state index in [1.165, 1.54) is 360 Å². The first-order valence-corrected chi connectivity index (χ1v) is 38.1. The van der Waals surface area contributed by atoms with E-state index in [0.29, 0.717) is 25.9 Å².